The van der Waals surface area contributed by atoms with Crippen molar-refractivity contribution in [3.63, 3.8) is 0 Å². The number of esters is 1. The van der Waals surface area contributed by atoms with Crippen LogP contribution in [-0.2, 0) is 19.7 Å². The molecule has 0 radical (unpaired) electrons. The van der Waals surface area contributed by atoms with Gasteiger partial charge in [-0.05, 0) is 43.4 Å². The van der Waals surface area contributed by atoms with Gasteiger partial charge in [0.1, 0.15) is 5.82 Å². The van der Waals surface area contributed by atoms with Crippen molar-refractivity contribution >= 4 is 5.97 Å². The van der Waals surface area contributed by atoms with Gasteiger partial charge in [-0.2, -0.15) is 0 Å². The maximum atomic E-state index is 13.4. The summed E-state index contributed by atoms with van der Waals surface area (Å²) in [6.45, 7) is 8.12. The summed E-state index contributed by atoms with van der Waals surface area (Å²) in [5.74, 6) is -0.849. The Morgan fingerprint density at radius 2 is 1.96 bits per heavy atom. The summed E-state index contributed by atoms with van der Waals surface area (Å²) in [6.07, 6.45) is 5.25. The van der Waals surface area contributed by atoms with E-state index in [9.17, 15) is 9.18 Å². The lowest BCUT2D eigenvalue weighted by atomic mass is 9.64. The zero-order chi connectivity index (χ0) is 17.2. The van der Waals surface area contributed by atoms with Gasteiger partial charge >= 0.3 is 12.0 Å². The Bertz CT molecular complexity index is 646. The van der Waals surface area contributed by atoms with Crippen LogP contribution in [0.2, 0.25) is 0 Å². The molecule has 128 valence electrons. The van der Waals surface area contributed by atoms with E-state index in [1.807, 2.05) is 0 Å². The number of hydrogen-bond acceptors (Lipinski definition) is 3. The minimum absolute atomic E-state index is 0.274. The first kappa shape index (κ1) is 16.9. The summed E-state index contributed by atoms with van der Waals surface area (Å²) in [6, 6.07) is 5.25. The second-order valence-corrected chi connectivity index (χ2v) is 6.88. The average Bonchev–Trinajstić information content (AvgIpc) is 3.03. The van der Waals surface area contributed by atoms with E-state index in [1.54, 1.807) is 12.1 Å². The lowest BCUT2D eigenvalue weighted by Crippen LogP contribution is -2.53. The van der Waals surface area contributed by atoms with Crippen LogP contribution in [-0.4, -0.2) is 31.3 Å². The smallest absolute Gasteiger partial charge is 0.390 e. The molecule has 1 saturated carbocycles. The molecule has 1 heterocycles. The number of rotatable bonds is 3. The fourth-order valence-electron chi connectivity index (χ4n) is 4.44. The maximum Gasteiger partial charge on any atom is 0.390 e. The second-order valence-electron chi connectivity index (χ2n) is 6.88. The van der Waals surface area contributed by atoms with Gasteiger partial charge in [-0.25, -0.2) is 15.8 Å². The zero-order valence-electron chi connectivity index (χ0n) is 13.9. The molecule has 2 aliphatic rings. The fraction of sp³-hybridized carbons (Fsp3) is 0.579. The highest BCUT2D eigenvalue weighted by atomic mass is 19.1. The molecule has 1 aromatic rings. The van der Waals surface area contributed by atoms with Gasteiger partial charge in [0, 0.05) is 6.61 Å². The first-order valence-corrected chi connectivity index (χ1v) is 8.40. The Hall–Kier alpha value is -1.93. The third-order valence-corrected chi connectivity index (χ3v) is 5.60. The molecule has 2 atom stereocenters. The molecular weight excluding hydrogens is 309 g/mol. The average molecular weight is 331 g/mol. The van der Waals surface area contributed by atoms with Gasteiger partial charge in [0.05, 0.1) is 18.1 Å². The number of halogens is 1. The van der Waals surface area contributed by atoms with Crippen LogP contribution in [0.4, 0.5) is 4.39 Å². The van der Waals surface area contributed by atoms with Crippen LogP contribution in [0.1, 0.15) is 44.1 Å². The van der Waals surface area contributed by atoms with Crippen molar-refractivity contribution in [1.82, 2.24) is 0 Å². The van der Waals surface area contributed by atoms with Crippen LogP contribution in [0.25, 0.3) is 4.85 Å². The number of methoxy groups -OCH3 is 1. The molecule has 24 heavy (non-hydrogen) atoms. The van der Waals surface area contributed by atoms with E-state index < -0.39 is 17.4 Å². The van der Waals surface area contributed by atoms with Gasteiger partial charge in [-0.1, -0.05) is 25.0 Å². The summed E-state index contributed by atoms with van der Waals surface area (Å²) in [4.78, 5) is 16.0. The SMILES string of the molecule is [C-]#[N+]C(C(=O)OC)C1(c2ccc(F)cc2)CCOC2(CCCC2)C1. The van der Waals surface area contributed by atoms with Gasteiger partial charge in [0.25, 0.3) is 0 Å². The molecular formula is C19H22FNO3. The van der Waals surface area contributed by atoms with Crippen molar-refractivity contribution in [3.8, 4) is 0 Å². The van der Waals surface area contributed by atoms with Crippen LogP contribution >= 0.6 is 0 Å². The normalized spacial score (nSPS) is 26.7. The zero-order valence-corrected chi connectivity index (χ0v) is 13.9. The third kappa shape index (κ3) is 2.80. The highest BCUT2D eigenvalue weighted by Gasteiger charge is 2.57. The lowest BCUT2D eigenvalue weighted by Gasteiger charge is -2.46. The van der Waals surface area contributed by atoms with E-state index in [2.05, 4.69) is 4.85 Å². The van der Waals surface area contributed by atoms with Crippen molar-refractivity contribution in [3.05, 3.63) is 47.1 Å². The number of benzene rings is 1. The maximum absolute atomic E-state index is 13.4. The quantitative estimate of drug-likeness (QED) is 0.627. The molecule has 1 saturated heterocycles. The summed E-state index contributed by atoms with van der Waals surface area (Å²) < 4.78 is 24.4. The molecule has 2 fully saturated rings. The Kier molecular flexibility index (Phi) is 4.60. The number of ether oxygens (including phenoxy) is 2. The predicted octanol–water partition coefficient (Wildman–Crippen LogP) is 3.65. The van der Waals surface area contributed by atoms with Crippen LogP contribution in [0.3, 0.4) is 0 Å². The molecule has 4 nitrogen and oxygen atoms in total. The summed E-state index contributed by atoms with van der Waals surface area (Å²) in [7, 11) is 1.31. The van der Waals surface area contributed by atoms with Gasteiger partial charge in [0.2, 0.25) is 0 Å². The standard InChI is InChI=1S/C19H22FNO3/c1-21-16(17(22)23-2)19(14-5-7-15(20)8-6-14)11-12-24-18(13-19)9-3-4-10-18/h5-8,16H,3-4,9-13H2,2H3. The van der Waals surface area contributed by atoms with E-state index >= 15 is 0 Å². The molecule has 0 bridgehead atoms. The summed E-state index contributed by atoms with van der Waals surface area (Å²) >= 11 is 0. The lowest BCUT2D eigenvalue weighted by molar-refractivity contribution is -0.148. The Morgan fingerprint density at radius 1 is 1.29 bits per heavy atom. The topological polar surface area (TPSA) is 39.9 Å². The van der Waals surface area contributed by atoms with Crippen molar-refractivity contribution < 1.29 is 18.7 Å². The first-order chi connectivity index (χ1) is 11.6. The predicted molar refractivity (Wildman–Crippen MR) is 86.9 cm³/mol. The van der Waals surface area contributed by atoms with Crippen LogP contribution in [0.5, 0.6) is 0 Å². The molecule has 1 spiro atoms. The van der Waals surface area contributed by atoms with E-state index in [4.69, 9.17) is 16.0 Å². The molecule has 1 aliphatic carbocycles. The third-order valence-electron chi connectivity index (χ3n) is 5.60. The largest absolute Gasteiger partial charge is 0.463 e. The van der Waals surface area contributed by atoms with Gasteiger partial charge in [0.15, 0.2) is 0 Å². The molecule has 0 aromatic heterocycles. The van der Waals surface area contributed by atoms with E-state index in [1.165, 1.54) is 19.2 Å². The Balaban J connectivity index is 2.08. The summed E-state index contributed by atoms with van der Waals surface area (Å²) in [5.41, 5.74) is -0.140. The van der Waals surface area contributed by atoms with E-state index in [0.717, 1.165) is 31.2 Å². The minimum atomic E-state index is -0.936. The van der Waals surface area contributed by atoms with Gasteiger partial charge < -0.3 is 14.3 Å². The van der Waals surface area contributed by atoms with Gasteiger partial charge in [-0.3, -0.25) is 0 Å². The van der Waals surface area contributed by atoms with Crippen LogP contribution in [0, 0.1) is 12.4 Å². The highest BCUT2D eigenvalue weighted by Crippen LogP contribution is 2.51. The Morgan fingerprint density at radius 3 is 2.54 bits per heavy atom. The van der Waals surface area contributed by atoms with Crippen molar-refractivity contribution in [2.75, 3.05) is 13.7 Å². The van der Waals surface area contributed by atoms with Crippen LogP contribution in [0.15, 0.2) is 24.3 Å². The van der Waals surface area contributed by atoms with Gasteiger partial charge in [-0.15, -0.1) is 0 Å². The molecule has 3 rings (SSSR count). The number of carbonyl (C=O) groups is 1. The molecule has 2 unspecified atom stereocenters. The van der Waals surface area contributed by atoms with E-state index in [0.29, 0.717) is 19.4 Å². The van der Waals surface area contributed by atoms with E-state index in [-0.39, 0.29) is 11.4 Å². The minimum Gasteiger partial charge on any atom is -0.463 e. The fourth-order valence-corrected chi connectivity index (χ4v) is 4.44. The van der Waals surface area contributed by atoms with Crippen molar-refractivity contribution in [2.24, 2.45) is 0 Å². The molecule has 0 N–H and O–H groups in total. The Labute approximate surface area is 141 Å². The number of hydrogen-bond donors (Lipinski definition) is 0. The molecule has 1 aromatic carbocycles. The molecule has 1 aliphatic heterocycles. The summed E-state index contributed by atoms with van der Waals surface area (Å²) in [5, 5.41) is 0. The first-order valence-electron chi connectivity index (χ1n) is 8.40. The highest BCUT2D eigenvalue weighted by molar-refractivity contribution is 5.80. The second kappa shape index (κ2) is 6.52. The number of nitrogens with zero attached hydrogens (tertiary/aromatic N) is 1. The monoisotopic (exact) mass is 331 g/mol. The number of carbonyl (C=O) groups excluding carboxylic acids is 1. The van der Waals surface area contributed by atoms with Crippen molar-refractivity contribution in [2.45, 2.75) is 55.6 Å². The molecule has 0 amide bonds. The van der Waals surface area contributed by atoms with Crippen molar-refractivity contribution in [1.29, 1.82) is 0 Å². The van der Waals surface area contributed by atoms with Crippen LogP contribution < -0.4 is 0 Å². The molecule has 5 heteroatoms.